The monoisotopic (exact) mass is 373 g/mol. The summed E-state index contributed by atoms with van der Waals surface area (Å²) in [5, 5.41) is 12.2. The Hall–Kier alpha value is -4.13. The number of carboxylic acids is 1. The highest BCUT2D eigenvalue weighted by Gasteiger charge is 2.33. The zero-order valence-corrected chi connectivity index (χ0v) is 14.5. The molecule has 7 nitrogen and oxygen atoms in total. The predicted molar refractivity (Wildman–Crippen MR) is 105 cm³/mol. The first-order valence-corrected chi connectivity index (χ1v) is 8.38. The van der Waals surface area contributed by atoms with E-state index < -0.39 is 5.97 Å². The number of aromatic carboxylic acids is 1. The van der Waals surface area contributed by atoms with Gasteiger partial charge >= 0.3 is 5.97 Å². The molecule has 0 fully saturated rings. The molecule has 3 aromatic rings. The van der Waals surface area contributed by atoms with Crippen molar-refractivity contribution in [2.45, 2.75) is 0 Å². The summed E-state index contributed by atoms with van der Waals surface area (Å²) < 4.78 is 0. The quantitative estimate of drug-likeness (QED) is 0.405. The molecule has 0 unspecified atom stereocenters. The molecule has 28 heavy (non-hydrogen) atoms. The molecule has 0 spiro atoms. The Labute approximate surface area is 159 Å². The number of carbonyl (C=O) groups excluding carboxylic acids is 2. The van der Waals surface area contributed by atoms with E-state index in [2.05, 4.69) is 5.32 Å². The van der Waals surface area contributed by atoms with E-state index in [0.717, 1.165) is 0 Å². The molecule has 0 heterocycles. The molecule has 0 saturated heterocycles. The van der Waals surface area contributed by atoms with Crippen LogP contribution < -0.4 is 16.8 Å². The fourth-order valence-electron chi connectivity index (χ4n) is 3.35. The molecule has 0 atom stereocenters. The van der Waals surface area contributed by atoms with Gasteiger partial charge in [0.25, 0.3) is 0 Å². The number of rotatable bonds is 3. The Balaban J connectivity index is 1.87. The summed E-state index contributed by atoms with van der Waals surface area (Å²) >= 11 is 0. The number of benzene rings is 3. The first kappa shape index (κ1) is 17.3. The van der Waals surface area contributed by atoms with Crippen LogP contribution in [0.1, 0.15) is 42.2 Å². The second-order valence-electron chi connectivity index (χ2n) is 6.43. The maximum Gasteiger partial charge on any atom is 0.335 e. The minimum atomic E-state index is -1.13. The number of nitrogens with one attached hydrogen (secondary N) is 1. The van der Waals surface area contributed by atoms with Crippen LogP contribution in [0.25, 0.3) is 0 Å². The van der Waals surface area contributed by atoms with Gasteiger partial charge in [0, 0.05) is 28.2 Å². The van der Waals surface area contributed by atoms with Crippen LogP contribution in [0.15, 0.2) is 54.6 Å². The molecule has 1 aliphatic carbocycles. The molecule has 0 bridgehead atoms. The molecule has 0 aliphatic heterocycles. The zero-order valence-electron chi connectivity index (χ0n) is 14.5. The smallest absolute Gasteiger partial charge is 0.335 e. The van der Waals surface area contributed by atoms with Crippen molar-refractivity contribution < 1.29 is 19.5 Å². The first-order chi connectivity index (χ1) is 13.4. The molecule has 0 amide bonds. The number of nitrogen functional groups attached to an aromatic ring is 2. The second kappa shape index (κ2) is 6.24. The van der Waals surface area contributed by atoms with E-state index >= 15 is 0 Å². The summed E-state index contributed by atoms with van der Waals surface area (Å²) in [5.41, 5.74) is 13.9. The largest absolute Gasteiger partial charge is 0.478 e. The summed E-state index contributed by atoms with van der Waals surface area (Å²) in [6, 6.07) is 13.9. The van der Waals surface area contributed by atoms with Gasteiger partial charge in [-0.15, -0.1) is 0 Å². The highest BCUT2D eigenvalue weighted by molar-refractivity contribution is 6.31. The van der Waals surface area contributed by atoms with Crippen molar-refractivity contribution in [2.75, 3.05) is 16.8 Å². The fraction of sp³-hybridized carbons (Fsp3) is 0. The lowest BCUT2D eigenvalue weighted by atomic mass is 9.82. The topological polar surface area (TPSA) is 136 Å². The van der Waals surface area contributed by atoms with Crippen molar-refractivity contribution in [1.82, 2.24) is 0 Å². The minimum absolute atomic E-state index is 0.000406. The maximum absolute atomic E-state index is 13.1. The Kier molecular flexibility index (Phi) is 3.85. The van der Waals surface area contributed by atoms with Crippen LogP contribution in [0.4, 0.5) is 22.7 Å². The van der Waals surface area contributed by atoms with Crippen LogP contribution in [-0.2, 0) is 0 Å². The van der Waals surface area contributed by atoms with Crippen LogP contribution in [0.3, 0.4) is 0 Å². The van der Waals surface area contributed by atoms with Crippen LogP contribution in [0.2, 0.25) is 0 Å². The number of fused-ring (bicyclic) bond motifs is 2. The van der Waals surface area contributed by atoms with E-state index in [1.54, 1.807) is 30.3 Å². The number of hydrogen-bond acceptors (Lipinski definition) is 6. The van der Waals surface area contributed by atoms with Gasteiger partial charge in [0.05, 0.1) is 22.4 Å². The second-order valence-corrected chi connectivity index (χ2v) is 6.43. The number of ketones is 2. The highest BCUT2D eigenvalue weighted by atomic mass is 16.4. The molecule has 138 valence electrons. The number of carbonyl (C=O) groups is 3. The summed E-state index contributed by atoms with van der Waals surface area (Å²) in [4.78, 5) is 37.3. The van der Waals surface area contributed by atoms with E-state index in [1.165, 1.54) is 24.3 Å². The van der Waals surface area contributed by atoms with Gasteiger partial charge in [-0.3, -0.25) is 9.59 Å². The van der Waals surface area contributed by atoms with Crippen LogP contribution in [0.5, 0.6) is 0 Å². The SMILES string of the molecule is Nc1cc(Nc2ccc(N)c3c2C(=O)c2ccccc2C3=O)cc(C(=O)O)c1. The van der Waals surface area contributed by atoms with E-state index in [0.29, 0.717) is 22.5 Å². The Morgan fingerprint density at radius 3 is 2.14 bits per heavy atom. The van der Waals surface area contributed by atoms with Gasteiger partial charge in [0.15, 0.2) is 11.6 Å². The predicted octanol–water partition coefficient (Wildman–Crippen LogP) is 3.07. The lowest BCUT2D eigenvalue weighted by Gasteiger charge is -2.22. The van der Waals surface area contributed by atoms with E-state index in [9.17, 15) is 19.5 Å². The van der Waals surface area contributed by atoms with Gasteiger partial charge in [-0.05, 0) is 30.3 Å². The number of hydrogen-bond donors (Lipinski definition) is 4. The van der Waals surface area contributed by atoms with Gasteiger partial charge in [0.1, 0.15) is 0 Å². The average Bonchev–Trinajstić information content (AvgIpc) is 2.67. The Bertz CT molecular complexity index is 1180. The summed E-state index contributed by atoms with van der Waals surface area (Å²) in [7, 11) is 0. The number of anilines is 4. The molecule has 6 N–H and O–H groups in total. The van der Waals surface area contributed by atoms with Gasteiger partial charge < -0.3 is 21.9 Å². The van der Waals surface area contributed by atoms with Crippen molar-refractivity contribution in [2.24, 2.45) is 0 Å². The summed E-state index contributed by atoms with van der Waals surface area (Å²) in [6.07, 6.45) is 0. The van der Waals surface area contributed by atoms with Gasteiger partial charge in [-0.2, -0.15) is 0 Å². The van der Waals surface area contributed by atoms with Crippen LogP contribution >= 0.6 is 0 Å². The van der Waals surface area contributed by atoms with Gasteiger partial charge in [0.2, 0.25) is 0 Å². The average molecular weight is 373 g/mol. The molecule has 0 saturated carbocycles. The lowest BCUT2D eigenvalue weighted by Crippen LogP contribution is -2.23. The van der Waals surface area contributed by atoms with Crippen LogP contribution in [0, 0.1) is 0 Å². The molecule has 0 aromatic heterocycles. The molecule has 4 rings (SSSR count). The third kappa shape index (κ3) is 2.66. The standard InChI is InChI=1S/C21H15N3O4/c22-11-7-10(21(27)28)8-12(9-11)24-16-6-5-15(23)17-18(16)20(26)14-4-2-1-3-13(14)19(17)25/h1-9,24H,22-23H2,(H,27,28). The molecule has 0 radical (unpaired) electrons. The van der Waals surface area contributed by atoms with E-state index in [1.807, 2.05) is 0 Å². The third-order valence-electron chi connectivity index (χ3n) is 4.59. The fourth-order valence-corrected chi connectivity index (χ4v) is 3.35. The molecule has 1 aliphatic rings. The van der Waals surface area contributed by atoms with Crippen molar-refractivity contribution in [1.29, 1.82) is 0 Å². The van der Waals surface area contributed by atoms with Crippen molar-refractivity contribution in [3.63, 3.8) is 0 Å². The molecular formula is C21H15N3O4. The summed E-state index contributed by atoms with van der Waals surface area (Å²) in [5.74, 6) is -1.79. The normalized spacial score (nSPS) is 12.3. The lowest BCUT2D eigenvalue weighted by molar-refractivity contribution is 0.0696. The first-order valence-electron chi connectivity index (χ1n) is 8.38. The highest BCUT2D eigenvalue weighted by Crippen LogP contribution is 2.36. The van der Waals surface area contributed by atoms with Crippen LogP contribution in [-0.4, -0.2) is 22.6 Å². The molecule has 3 aromatic carbocycles. The minimum Gasteiger partial charge on any atom is -0.478 e. The van der Waals surface area contributed by atoms with Crippen molar-refractivity contribution >= 4 is 40.3 Å². The zero-order chi connectivity index (χ0) is 20.0. The third-order valence-corrected chi connectivity index (χ3v) is 4.59. The number of nitrogens with two attached hydrogens (primary N) is 2. The molecular weight excluding hydrogens is 358 g/mol. The number of carboxylic acid groups (broad SMARTS) is 1. The van der Waals surface area contributed by atoms with E-state index in [4.69, 9.17) is 11.5 Å². The maximum atomic E-state index is 13.1. The van der Waals surface area contributed by atoms with Gasteiger partial charge in [-0.25, -0.2) is 4.79 Å². The molecule has 7 heteroatoms. The summed E-state index contributed by atoms with van der Waals surface area (Å²) in [6.45, 7) is 0. The van der Waals surface area contributed by atoms with Gasteiger partial charge in [-0.1, -0.05) is 24.3 Å². The van der Waals surface area contributed by atoms with Crippen molar-refractivity contribution in [3.8, 4) is 0 Å². The Morgan fingerprint density at radius 2 is 1.50 bits per heavy atom. The Morgan fingerprint density at radius 1 is 0.857 bits per heavy atom. The van der Waals surface area contributed by atoms with Crippen molar-refractivity contribution in [3.05, 3.63) is 82.4 Å². The van der Waals surface area contributed by atoms with E-state index in [-0.39, 0.29) is 39.6 Å².